The van der Waals surface area contributed by atoms with Crippen molar-refractivity contribution in [3.8, 4) is 0 Å². The van der Waals surface area contributed by atoms with Gasteiger partial charge in [0.1, 0.15) is 6.33 Å². The molecule has 0 aliphatic carbocycles. The van der Waals surface area contributed by atoms with Gasteiger partial charge in [-0.1, -0.05) is 0 Å². The normalized spacial score (nSPS) is 16.4. The second kappa shape index (κ2) is 2.22. The van der Waals surface area contributed by atoms with Gasteiger partial charge < -0.3 is 0 Å². The zero-order valence-corrected chi connectivity index (χ0v) is 5.51. The lowest BCUT2D eigenvalue weighted by molar-refractivity contribution is 1.08. The molecule has 0 aliphatic heterocycles. The minimum atomic E-state index is -2.16. The smallest absolute Gasteiger partial charge is 0.115 e. The van der Waals surface area contributed by atoms with Gasteiger partial charge in [0.2, 0.25) is 0 Å². The molecule has 2 nitrogen and oxygen atoms in total. The van der Waals surface area contributed by atoms with Crippen LogP contribution in [0.1, 0.15) is 9.81 Å². The number of rotatable bonds is 0. The standard InChI is InChI=1S/C5H5BrN2/c1-4-5(6)2-7-3-8-4/h2-3H,1H3/i1D3. The predicted octanol–water partition coefficient (Wildman–Crippen LogP) is 1.55. The molecule has 0 fully saturated rings. The maximum absolute atomic E-state index is 7.03. The van der Waals surface area contributed by atoms with E-state index < -0.39 is 6.85 Å². The molecular weight excluding hydrogens is 168 g/mol. The fourth-order valence-electron chi connectivity index (χ4n) is 0.313. The zero-order valence-electron chi connectivity index (χ0n) is 6.93. The molecule has 0 aromatic carbocycles. The molecule has 0 spiro atoms. The first-order valence-electron chi connectivity index (χ1n) is 3.48. The Morgan fingerprint density at radius 2 is 2.75 bits per heavy atom. The van der Waals surface area contributed by atoms with Gasteiger partial charge in [0.05, 0.1) is 10.2 Å². The molecule has 1 heterocycles. The molecule has 8 heavy (non-hydrogen) atoms. The van der Waals surface area contributed by atoms with Crippen LogP contribution in [0, 0.1) is 6.85 Å². The maximum Gasteiger partial charge on any atom is 0.115 e. The Labute approximate surface area is 60.3 Å². The summed E-state index contributed by atoms with van der Waals surface area (Å²) in [6.07, 6.45) is 2.63. The lowest BCUT2D eigenvalue weighted by atomic mass is 10.5. The fourth-order valence-corrected chi connectivity index (χ4v) is 0.533. The lowest BCUT2D eigenvalue weighted by Gasteiger charge is -1.89. The van der Waals surface area contributed by atoms with Crippen molar-refractivity contribution in [2.45, 2.75) is 6.85 Å². The molecule has 0 saturated carbocycles. The Hall–Kier alpha value is -0.440. The minimum Gasteiger partial charge on any atom is -0.244 e. The van der Waals surface area contributed by atoms with E-state index in [2.05, 4.69) is 25.9 Å². The maximum atomic E-state index is 7.03. The van der Waals surface area contributed by atoms with E-state index >= 15 is 0 Å². The van der Waals surface area contributed by atoms with E-state index in [1.807, 2.05) is 0 Å². The van der Waals surface area contributed by atoms with Crippen molar-refractivity contribution in [1.82, 2.24) is 9.97 Å². The monoisotopic (exact) mass is 175 g/mol. The quantitative estimate of drug-likeness (QED) is 0.599. The first-order chi connectivity index (χ1) is 5.02. The third-order valence-corrected chi connectivity index (χ3v) is 1.25. The average molecular weight is 176 g/mol. The van der Waals surface area contributed by atoms with Crippen LogP contribution in [0.2, 0.25) is 0 Å². The van der Waals surface area contributed by atoms with Crippen LogP contribution in [0.3, 0.4) is 0 Å². The summed E-state index contributed by atoms with van der Waals surface area (Å²) >= 11 is 3.05. The summed E-state index contributed by atoms with van der Waals surface area (Å²) in [5.41, 5.74) is 0.0486. The van der Waals surface area contributed by atoms with E-state index in [0.717, 1.165) is 0 Å². The second-order valence-corrected chi connectivity index (χ2v) is 2.07. The van der Waals surface area contributed by atoms with E-state index in [9.17, 15) is 0 Å². The van der Waals surface area contributed by atoms with Crippen molar-refractivity contribution in [3.05, 3.63) is 22.7 Å². The van der Waals surface area contributed by atoms with Crippen LogP contribution < -0.4 is 0 Å². The van der Waals surface area contributed by atoms with Crippen molar-refractivity contribution in [2.24, 2.45) is 0 Å². The molecule has 0 bridgehead atoms. The van der Waals surface area contributed by atoms with Crippen LogP contribution in [0.5, 0.6) is 0 Å². The number of aryl methyl sites for hydroxylation is 1. The molecule has 0 radical (unpaired) electrons. The first-order valence-corrected chi connectivity index (χ1v) is 2.77. The summed E-state index contributed by atoms with van der Waals surface area (Å²) in [5.74, 6) is 0. The summed E-state index contributed by atoms with van der Waals surface area (Å²) in [5, 5.41) is 0. The third-order valence-electron chi connectivity index (χ3n) is 0.668. The van der Waals surface area contributed by atoms with Crippen LogP contribution in [0.4, 0.5) is 0 Å². The highest BCUT2D eigenvalue weighted by Crippen LogP contribution is 2.08. The van der Waals surface area contributed by atoms with Crippen LogP contribution in [-0.2, 0) is 0 Å². The number of aromatic nitrogens is 2. The topological polar surface area (TPSA) is 25.8 Å². The number of nitrogens with zero attached hydrogens (tertiary/aromatic N) is 2. The molecule has 42 valence electrons. The summed E-state index contributed by atoms with van der Waals surface area (Å²) in [6.45, 7) is -2.16. The number of hydrogen-bond donors (Lipinski definition) is 0. The van der Waals surface area contributed by atoms with Crippen LogP contribution >= 0.6 is 15.9 Å². The molecule has 3 heteroatoms. The molecule has 1 aromatic heterocycles. The first kappa shape index (κ1) is 2.92. The average Bonchev–Trinajstić information content (AvgIpc) is 1.86. The van der Waals surface area contributed by atoms with E-state index in [0.29, 0.717) is 4.47 Å². The van der Waals surface area contributed by atoms with Crippen molar-refractivity contribution in [2.75, 3.05) is 0 Å². The molecule has 0 unspecified atom stereocenters. The summed E-state index contributed by atoms with van der Waals surface area (Å²) in [7, 11) is 0. The Kier molecular flexibility index (Phi) is 0.809. The molecule has 0 atom stereocenters. The van der Waals surface area contributed by atoms with E-state index in [-0.39, 0.29) is 5.69 Å². The van der Waals surface area contributed by atoms with Crippen LogP contribution in [0.25, 0.3) is 0 Å². The van der Waals surface area contributed by atoms with Gasteiger partial charge in [-0.2, -0.15) is 0 Å². The highest BCUT2D eigenvalue weighted by atomic mass is 79.9. The highest BCUT2D eigenvalue weighted by Gasteiger charge is 1.88. The molecule has 1 aromatic rings. The summed E-state index contributed by atoms with van der Waals surface area (Å²) in [4.78, 5) is 7.28. The molecular formula is C5H5BrN2. The van der Waals surface area contributed by atoms with Crippen LogP contribution in [-0.4, -0.2) is 9.97 Å². The van der Waals surface area contributed by atoms with Crippen molar-refractivity contribution < 1.29 is 4.11 Å². The number of hydrogen-bond acceptors (Lipinski definition) is 2. The summed E-state index contributed by atoms with van der Waals surface area (Å²) in [6, 6.07) is 0. The highest BCUT2D eigenvalue weighted by molar-refractivity contribution is 9.10. The fraction of sp³-hybridized carbons (Fsp3) is 0.200. The molecule has 1 rings (SSSR count). The van der Waals surface area contributed by atoms with Crippen molar-refractivity contribution in [3.63, 3.8) is 0 Å². The second-order valence-electron chi connectivity index (χ2n) is 1.22. The third kappa shape index (κ3) is 1.04. The number of halogens is 1. The van der Waals surface area contributed by atoms with Gasteiger partial charge in [0.25, 0.3) is 0 Å². The predicted molar refractivity (Wildman–Crippen MR) is 34.5 cm³/mol. The van der Waals surface area contributed by atoms with Gasteiger partial charge in [0.15, 0.2) is 0 Å². The van der Waals surface area contributed by atoms with Gasteiger partial charge in [-0.3, -0.25) is 0 Å². The molecule has 0 N–H and O–H groups in total. The SMILES string of the molecule is [2H]C([2H])([2H])c1ncncc1Br. The summed E-state index contributed by atoms with van der Waals surface area (Å²) < 4.78 is 21.5. The van der Waals surface area contributed by atoms with Crippen LogP contribution in [0.15, 0.2) is 17.0 Å². The van der Waals surface area contributed by atoms with Gasteiger partial charge in [0, 0.05) is 10.3 Å². The van der Waals surface area contributed by atoms with Crippen molar-refractivity contribution >= 4 is 15.9 Å². The van der Waals surface area contributed by atoms with Gasteiger partial charge >= 0.3 is 0 Å². The van der Waals surface area contributed by atoms with E-state index in [1.54, 1.807) is 0 Å². The lowest BCUT2D eigenvalue weighted by Crippen LogP contribution is -1.81. The van der Waals surface area contributed by atoms with Crippen molar-refractivity contribution in [1.29, 1.82) is 0 Å². The van der Waals surface area contributed by atoms with E-state index in [1.165, 1.54) is 12.5 Å². The van der Waals surface area contributed by atoms with Gasteiger partial charge in [-0.15, -0.1) is 0 Å². The Morgan fingerprint density at radius 1 is 1.88 bits per heavy atom. The Balaban J connectivity index is 3.14. The van der Waals surface area contributed by atoms with Gasteiger partial charge in [-0.05, 0) is 22.8 Å². The Morgan fingerprint density at radius 3 is 3.25 bits per heavy atom. The van der Waals surface area contributed by atoms with Gasteiger partial charge in [-0.25, -0.2) is 9.97 Å². The Bertz CT molecular complexity index is 260. The molecule has 0 amide bonds. The van der Waals surface area contributed by atoms with E-state index in [4.69, 9.17) is 4.11 Å². The molecule has 0 saturated heterocycles. The zero-order chi connectivity index (χ0) is 8.48. The minimum absolute atomic E-state index is 0.0486. The largest absolute Gasteiger partial charge is 0.244 e. The molecule has 0 aliphatic rings.